The third-order valence-corrected chi connectivity index (χ3v) is 6.76. The largest absolute Gasteiger partial charge is 0.400 e. The van der Waals surface area contributed by atoms with Gasteiger partial charge in [-0.05, 0) is 42.7 Å². The van der Waals surface area contributed by atoms with Gasteiger partial charge in [-0.1, -0.05) is 30.3 Å². The molecule has 0 radical (unpaired) electrons. The van der Waals surface area contributed by atoms with Gasteiger partial charge in [-0.3, -0.25) is 0 Å². The zero-order chi connectivity index (χ0) is 13.9. The Labute approximate surface area is 123 Å². The lowest BCUT2D eigenvalue weighted by molar-refractivity contribution is 0.260. The summed E-state index contributed by atoms with van der Waals surface area (Å²) < 4.78 is 16.8. The van der Waals surface area contributed by atoms with Crippen molar-refractivity contribution in [1.29, 1.82) is 0 Å². The summed E-state index contributed by atoms with van der Waals surface area (Å²) in [6, 6.07) is 11.9. The first kappa shape index (κ1) is 14.3. The van der Waals surface area contributed by atoms with Crippen molar-refractivity contribution < 1.29 is 13.6 Å². The minimum absolute atomic E-state index is 0.533. The van der Waals surface area contributed by atoms with Gasteiger partial charge in [-0.15, -0.1) is 0 Å². The second-order valence-electron chi connectivity index (χ2n) is 5.94. The third-order valence-electron chi connectivity index (χ3n) is 4.81. The first-order valence-electron chi connectivity index (χ1n) is 7.57. The summed E-state index contributed by atoms with van der Waals surface area (Å²) in [6.45, 7) is 0. The van der Waals surface area contributed by atoms with Gasteiger partial charge in [0.2, 0.25) is 0 Å². The van der Waals surface area contributed by atoms with Crippen LogP contribution in [0.15, 0.2) is 30.3 Å². The molecule has 3 rings (SSSR count). The molecule has 1 heterocycles. The number of hydrogen-bond donors (Lipinski definition) is 0. The van der Waals surface area contributed by atoms with Gasteiger partial charge in [0, 0.05) is 14.2 Å². The van der Waals surface area contributed by atoms with Crippen LogP contribution in [0.4, 0.5) is 0 Å². The molecule has 0 bridgehead atoms. The van der Waals surface area contributed by atoms with Crippen LogP contribution in [0, 0.1) is 5.92 Å². The summed E-state index contributed by atoms with van der Waals surface area (Å²) in [7, 11) is 2.02. The summed E-state index contributed by atoms with van der Waals surface area (Å²) in [5, 5.41) is 0. The average Bonchev–Trinajstić information content (AvgIpc) is 3.28. The molecule has 0 amide bonds. The van der Waals surface area contributed by atoms with E-state index in [1.54, 1.807) is 14.2 Å². The number of rotatable bonds is 6. The number of fused-ring (bicyclic) bond motifs is 1. The van der Waals surface area contributed by atoms with E-state index in [0.717, 1.165) is 6.04 Å². The molecule has 1 saturated carbocycles. The lowest BCUT2D eigenvalue weighted by Gasteiger charge is -2.30. The first-order chi connectivity index (χ1) is 9.81. The second kappa shape index (κ2) is 6.39. The summed E-state index contributed by atoms with van der Waals surface area (Å²) >= 11 is 0. The van der Waals surface area contributed by atoms with Crippen molar-refractivity contribution in [1.82, 2.24) is 0 Å². The standard InChI is InChI=1S/C16H24O3Si/c1-17-20(18-2)11-14(12-6-4-3-5-7-12)13-8-9-15-16(10-13)19-15/h3-7,13-16,20H,8-11H2,1-2H3. The predicted octanol–water partition coefficient (Wildman–Crippen LogP) is 2.85. The summed E-state index contributed by atoms with van der Waals surface area (Å²) in [4.78, 5) is 0. The molecule has 1 saturated heterocycles. The Hall–Kier alpha value is -0.683. The van der Waals surface area contributed by atoms with Gasteiger partial charge in [-0.2, -0.15) is 0 Å². The summed E-state index contributed by atoms with van der Waals surface area (Å²) in [5.74, 6) is 1.26. The first-order valence-corrected chi connectivity index (χ1v) is 9.33. The van der Waals surface area contributed by atoms with Crippen LogP contribution in [-0.4, -0.2) is 35.7 Å². The smallest absolute Gasteiger partial charge is 0.321 e. The van der Waals surface area contributed by atoms with E-state index in [9.17, 15) is 0 Å². The molecule has 2 fully saturated rings. The van der Waals surface area contributed by atoms with Crippen molar-refractivity contribution in [2.75, 3.05) is 14.2 Å². The fraction of sp³-hybridized carbons (Fsp3) is 0.625. The van der Waals surface area contributed by atoms with E-state index >= 15 is 0 Å². The highest BCUT2D eigenvalue weighted by molar-refractivity contribution is 6.44. The molecule has 1 aliphatic carbocycles. The maximum Gasteiger partial charge on any atom is 0.321 e. The van der Waals surface area contributed by atoms with Crippen molar-refractivity contribution in [3.63, 3.8) is 0 Å². The highest BCUT2D eigenvalue weighted by Gasteiger charge is 2.46. The van der Waals surface area contributed by atoms with E-state index < -0.39 is 9.28 Å². The Morgan fingerprint density at radius 1 is 1.15 bits per heavy atom. The van der Waals surface area contributed by atoms with Crippen LogP contribution in [0.2, 0.25) is 6.04 Å². The zero-order valence-electron chi connectivity index (χ0n) is 12.3. The number of hydrogen-bond acceptors (Lipinski definition) is 3. The Balaban J connectivity index is 1.75. The van der Waals surface area contributed by atoms with E-state index in [1.165, 1.54) is 24.8 Å². The molecule has 110 valence electrons. The van der Waals surface area contributed by atoms with Crippen LogP contribution in [-0.2, 0) is 13.6 Å². The molecular formula is C16H24O3Si. The minimum atomic E-state index is -1.54. The van der Waals surface area contributed by atoms with E-state index in [4.69, 9.17) is 13.6 Å². The molecule has 2 aliphatic rings. The van der Waals surface area contributed by atoms with Gasteiger partial charge < -0.3 is 13.6 Å². The Morgan fingerprint density at radius 2 is 1.90 bits per heavy atom. The minimum Gasteiger partial charge on any atom is -0.400 e. The van der Waals surface area contributed by atoms with E-state index in [2.05, 4.69) is 30.3 Å². The highest BCUT2D eigenvalue weighted by Crippen LogP contribution is 2.46. The fourth-order valence-electron chi connectivity index (χ4n) is 3.60. The number of benzene rings is 1. The van der Waals surface area contributed by atoms with Crippen LogP contribution in [0.5, 0.6) is 0 Å². The predicted molar refractivity (Wildman–Crippen MR) is 81.2 cm³/mol. The van der Waals surface area contributed by atoms with Crippen LogP contribution in [0.25, 0.3) is 0 Å². The van der Waals surface area contributed by atoms with Crippen molar-refractivity contribution in [3.8, 4) is 0 Å². The van der Waals surface area contributed by atoms with Crippen LogP contribution in [0.1, 0.15) is 30.7 Å². The van der Waals surface area contributed by atoms with Gasteiger partial charge in [0.25, 0.3) is 0 Å². The molecule has 3 nitrogen and oxygen atoms in total. The fourth-order valence-corrected chi connectivity index (χ4v) is 5.25. The average molecular weight is 292 g/mol. The van der Waals surface area contributed by atoms with Crippen LogP contribution in [0.3, 0.4) is 0 Å². The van der Waals surface area contributed by atoms with Gasteiger partial charge in [0.05, 0.1) is 12.2 Å². The Bertz CT molecular complexity index is 421. The van der Waals surface area contributed by atoms with E-state index in [-0.39, 0.29) is 0 Å². The normalized spacial score (nSPS) is 30.1. The highest BCUT2D eigenvalue weighted by atomic mass is 28.3. The lowest BCUT2D eigenvalue weighted by Crippen LogP contribution is -2.28. The molecular weight excluding hydrogens is 268 g/mol. The van der Waals surface area contributed by atoms with E-state index in [1.807, 2.05) is 0 Å². The number of epoxide rings is 1. The third kappa shape index (κ3) is 3.14. The van der Waals surface area contributed by atoms with Crippen molar-refractivity contribution >= 4 is 9.28 Å². The molecule has 0 N–H and O–H groups in total. The molecule has 0 aromatic heterocycles. The maximum atomic E-state index is 5.70. The Morgan fingerprint density at radius 3 is 2.55 bits per heavy atom. The molecule has 1 aromatic rings. The molecule has 4 atom stereocenters. The van der Waals surface area contributed by atoms with Crippen molar-refractivity contribution in [3.05, 3.63) is 35.9 Å². The monoisotopic (exact) mass is 292 g/mol. The van der Waals surface area contributed by atoms with Gasteiger partial charge in [0.1, 0.15) is 0 Å². The summed E-state index contributed by atoms with van der Waals surface area (Å²) in [6.07, 6.45) is 4.81. The van der Waals surface area contributed by atoms with Gasteiger partial charge in [-0.25, -0.2) is 0 Å². The second-order valence-corrected chi connectivity index (χ2v) is 8.21. The Kier molecular flexibility index (Phi) is 4.56. The van der Waals surface area contributed by atoms with Gasteiger partial charge >= 0.3 is 9.28 Å². The van der Waals surface area contributed by atoms with Gasteiger partial charge in [0.15, 0.2) is 0 Å². The topological polar surface area (TPSA) is 31.0 Å². The SMILES string of the molecule is CO[SiH](CC(c1ccccc1)C1CCC2OC2C1)OC. The molecule has 0 spiro atoms. The zero-order valence-corrected chi connectivity index (χ0v) is 13.5. The molecule has 1 aromatic carbocycles. The molecule has 1 aliphatic heterocycles. The lowest BCUT2D eigenvalue weighted by atomic mass is 9.78. The molecule has 4 unspecified atom stereocenters. The quantitative estimate of drug-likeness (QED) is 0.597. The van der Waals surface area contributed by atoms with Crippen LogP contribution < -0.4 is 0 Å². The molecule has 20 heavy (non-hydrogen) atoms. The van der Waals surface area contributed by atoms with Crippen LogP contribution >= 0.6 is 0 Å². The maximum absolute atomic E-state index is 5.70. The van der Waals surface area contributed by atoms with Crippen molar-refractivity contribution in [2.24, 2.45) is 5.92 Å². The number of ether oxygens (including phenoxy) is 1. The van der Waals surface area contributed by atoms with Crippen molar-refractivity contribution in [2.45, 2.75) is 43.4 Å². The molecule has 4 heteroatoms. The summed E-state index contributed by atoms with van der Waals surface area (Å²) in [5.41, 5.74) is 1.43. The van der Waals surface area contributed by atoms with E-state index in [0.29, 0.717) is 24.0 Å².